The second kappa shape index (κ2) is 31.8. The minimum atomic E-state index is 1.28. The van der Waals surface area contributed by atoms with Gasteiger partial charge in [0.25, 0.3) is 0 Å². The monoisotopic (exact) mass is 544 g/mol. The highest BCUT2D eigenvalue weighted by molar-refractivity contribution is 8.74. The Balaban J connectivity index is 4.50. The van der Waals surface area contributed by atoms with E-state index in [1.54, 1.807) is 0 Å². The first-order valence-corrected chi connectivity index (χ1v) is 18.7. The highest BCUT2D eigenvalue weighted by atomic mass is 33.1. The fourth-order valence-corrected chi connectivity index (χ4v) is 7.20. The molecule has 0 atom stereocenters. The predicted molar refractivity (Wildman–Crippen MR) is 172 cm³/mol. The lowest BCUT2D eigenvalue weighted by molar-refractivity contribution is 0.420. The van der Waals surface area contributed by atoms with Crippen LogP contribution in [-0.4, -0.2) is 34.8 Å². The molecule has 0 heterocycles. The van der Waals surface area contributed by atoms with Crippen LogP contribution in [0.3, 0.4) is 0 Å². The van der Waals surface area contributed by atoms with Gasteiger partial charge in [0.15, 0.2) is 0 Å². The Morgan fingerprint density at radius 3 is 0.694 bits per heavy atom. The maximum absolute atomic E-state index is 2.72. The van der Waals surface area contributed by atoms with Crippen LogP contribution < -0.4 is 0 Å². The molecular weight excluding hydrogens is 477 g/mol. The fourth-order valence-electron chi connectivity index (χ4n) is 4.74. The lowest BCUT2D eigenvalue weighted by Crippen LogP contribution is -2.22. The van der Waals surface area contributed by atoms with Gasteiger partial charge in [-0.05, 0) is 25.7 Å². The molecule has 0 N–H and O–H groups in total. The number of hydrogen-bond donors (Lipinski definition) is 0. The smallest absolute Gasteiger partial charge is 0.00976 e. The average molecular weight is 545 g/mol. The zero-order valence-corrected chi connectivity index (χ0v) is 27.1. The molecule has 0 spiro atoms. The van der Waals surface area contributed by atoms with Gasteiger partial charge in [0.05, 0.1) is 0 Å². The van der Waals surface area contributed by atoms with Crippen molar-refractivity contribution in [3.05, 3.63) is 0 Å². The third-order valence-electron chi connectivity index (χ3n) is 7.29. The van der Waals surface area contributed by atoms with Gasteiger partial charge in [0, 0.05) is 48.1 Å². The van der Waals surface area contributed by atoms with Gasteiger partial charge in [-0.3, -0.25) is 0 Å². The topological polar surface area (TPSA) is 6.48 Å². The van der Waals surface area contributed by atoms with E-state index in [9.17, 15) is 0 Å². The van der Waals surface area contributed by atoms with Gasteiger partial charge in [-0.15, -0.1) is 0 Å². The normalized spacial score (nSPS) is 11.8. The molecule has 218 valence electrons. The predicted octanol–water partition coefficient (Wildman–Crippen LogP) is 12.2. The third kappa shape index (κ3) is 27.6. The average Bonchev–Trinajstić information content (AvgIpc) is 2.89. The van der Waals surface area contributed by atoms with E-state index in [-0.39, 0.29) is 0 Å². The van der Waals surface area contributed by atoms with Crippen LogP contribution in [0.15, 0.2) is 0 Å². The van der Waals surface area contributed by atoms with Crippen LogP contribution in [0.5, 0.6) is 0 Å². The van der Waals surface area contributed by atoms with E-state index in [1.807, 2.05) is 0 Å². The first kappa shape index (κ1) is 36.6. The van der Waals surface area contributed by atoms with Gasteiger partial charge in [-0.2, -0.15) is 0 Å². The molecule has 0 aromatic rings. The van der Waals surface area contributed by atoms with Crippen LogP contribution in [-0.2, 0) is 0 Å². The van der Waals surface area contributed by atoms with E-state index >= 15 is 0 Å². The molecule has 0 aliphatic carbocycles. The van der Waals surface area contributed by atoms with Crippen LogP contribution in [0.1, 0.15) is 182 Å². The van der Waals surface area contributed by atoms with E-state index in [4.69, 9.17) is 0 Å². The Morgan fingerprint density at radius 2 is 0.472 bits per heavy atom. The minimum absolute atomic E-state index is 1.28. The highest BCUT2D eigenvalue weighted by Crippen LogP contribution is 2.31. The van der Waals surface area contributed by atoms with Gasteiger partial charge < -0.3 is 0 Å². The molecule has 4 heteroatoms. The quantitative estimate of drug-likeness (QED) is 0.0486. The lowest BCUT2D eigenvalue weighted by atomic mass is 10.1. The van der Waals surface area contributed by atoms with Crippen LogP contribution in [0.4, 0.5) is 0 Å². The van der Waals surface area contributed by atoms with Crippen molar-refractivity contribution in [2.45, 2.75) is 182 Å². The summed E-state index contributed by atoms with van der Waals surface area (Å²) in [6.45, 7) is 14.4. The summed E-state index contributed by atoms with van der Waals surface area (Å²) in [5.74, 6) is 0. The van der Waals surface area contributed by atoms with E-state index in [0.717, 1.165) is 0 Å². The molecule has 0 aromatic carbocycles. The first-order chi connectivity index (χ1) is 17.8. The zero-order valence-electron chi connectivity index (χ0n) is 25.5. The molecule has 0 aliphatic rings. The summed E-state index contributed by atoms with van der Waals surface area (Å²) in [7, 11) is 4.17. The molecule has 36 heavy (non-hydrogen) atoms. The second-order valence-corrected chi connectivity index (χ2v) is 13.3. The van der Waals surface area contributed by atoms with Crippen molar-refractivity contribution in [3.8, 4) is 0 Å². The molecule has 0 amide bonds. The molecule has 0 saturated carbocycles. The summed E-state index contributed by atoms with van der Waals surface area (Å²) in [5, 5.41) is 0. The zero-order chi connectivity index (χ0) is 26.4. The van der Waals surface area contributed by atoms with Crippen molar-refractivity contribution in [1.29, 1.82) is 0 Å². The van der Waals surface area contributed by atoms with E-state index < -0.39 is 0 Å². The number of nitrogens with zero attached hydrogens (tertiary/aromatic N) is 2. The molecule has 0 aliphatic heterocycles. The minimum Gasteiger partial charge on any atom is -0.240 e. The summed E-state index contributed by atoms with van der Waals surface area (Å²) < 4.78 is 5.44. The molecule has 0 unspecified atom stereocenters. The van der Waals surface area contributed by atoms with Crippen molar-refractivity contribution < 1.29 is 0 Å². The van der Waals surface area contributed by atoms with E-state index in [2.05, 4.69) is 58.3 Å². The Labute approximate surface area is 237 Å². The second-order valence-electron chi connectivity index (χ2n) is 11.1. The Bertz CT molecular complexity index is 326. The van der Waals surface area contributed by atoms with Gasteiger partial charge in [0.1, 0.15) is 0 Å². The van der Waals surface area contributed by atoms with Gasteiger partial charge in [0.2, 0.25) is 0 Å². The maximum atomic E-state index is 2.72. The Kier molecular flexibility index (Phi) is 32.4. The van der Waals surface area contributed by atoms with Crippen molar-refractivity contribution in [2.24, 2.45) is 0 Å². The first-order valence-electron chi connectivity index (χ1n) is 16.6. The highest BCUT2D eigenvalue weighted by Gasteiger charge is 2.12. The number of unbranched alkanes of at least 4 members (excludes halogenated alkanes) is 20. The van der Waals surface area contributed by atoms with Crippen LogP contribution in [0.2, 0.25) is 0 Å². The Hall–Kier alpha value is 0.620. The van der Waals surface area contributed by atoms with Crippen LogP contribution in [0, 0.1) is 0 Å². The molecule has 0 aromatic heterocycles. The molecule has 0 rings (SSSR count). The largest absolute Gasteiger partial charge is 0.240 e. The molecule has 0 saturated heterocycles. The number of rotatable bonds is 31. The SMILES string of the molecule is CCCCCCCCN(CCCCCCCC)SSN(CCCCCCCC)CCCCCCCC. The van der Waals surface area contributed by atoms with E-state index in [1.165, 1.54) is 180 Å². The van der Waals surface area contributed by atoms with Crippen molar-refractivity contribution >= 4 is 22.0 Å². The van der Waals surface area contributed by atoms with Crippen LogP contribution >= 0.6 is 22.0 Å². The molecular formula is C32H68N2S2. The summed E-state index contributed by atoms with van der Waals surface area (Å²) >= 11 is 0. The van der Waals surface area contributed by atoms with Crippen LogP contribution in [0.25, 0.3) is 0 Å². The number of hydrogen-bond acceptors (Lipinski definition) is 4. The molecule has 0 fully saturated rings. The fraction of sp³-hybridized carbons (Fsp3) is 1.00. The molecule has 0 radical (unpaired) electrons. The van der Waals surface area contributed by atoms with Crippen molar-refractivity contribution in [1.82, 2.24) is 8.61 Å². The molecule has 2 nitrogen and oxygen atoms in total. The standard InChI is InChI=1S/C32H68N2S2/c1-5-9-13-17-21-25-29-33(30-26-22-18-14-10-6-2)35-36-34(31-27-23-19-15-11-7-3)32-28-24-20-16-12-8-4/h5-32H2,1-4H3. The summed E-state index contributed by atoms with van der Waals surface area (Å²) in [6, 6.07) is 0. The maximum Gasteiger partial charge on any atom is 0.00976 e. The van der Waals surface area contributed by atoms with Gasteiger partial charge in [-0.25, -0.2) is 8.61 Å². The molecule has 0 bridgehead atoms. The third-order valence-corrected chi connectivity index (χ3v) is 9.97. The summed E-state index contributed by atoms with van der Waals surface area (Å²) in [5.41, 5.74) is 0. The van der Waals surface area contributed by atoms with Crippen molar-refractivity contribution in [3.63, 3.8) is 0 Å². The van der Waals surface area contributed by atoms with E-state index in [0.29, 0.717) is 0 Å². The lowest BCUT2D eigenvalue weighted by Gasteiger charge is -2.25. The summed E-state index contributed by atoms with van der Waals surface area (Å²) in [6.07, 6.45) is 33.7. The van der Waals surface area contributed by atoms with Gasteiger partial charge >= 0.3 is 0 Å². The van der Waals surface area contributed by atoms with Crippen molar-refractivity contribution in [2.75, 3.05) is 26.2 Å². The summed E-state index contributed by atoms with van der Waals surface area (Å²) in [4.78, 5) is 0. The Morgan fingerprint density at radius 1 is 0.278 bits per heavy atom. The van der Waals surface area contributed by atoms with Gasteiger partial charge in [-0.1, -0.05) is 156 Å².